The van der Waals surface area contributed by atoms with Gasteiger partial charge in [-0.3, -0.25) is 4.79 Å². The third kappa shape index (κ3) is 3.79. The molecule has 1 saturated heterocycles. The van der Waals surface area contributed by atoms with Crippen LogP contribution in [0.4, 0.5) is 0 Å². The second kappa shape index (κ2) is 6.18. The summed E-state index contributed by atoms with van der Waals surface area (Å²) in [5.41, 5.74) is 0. The second-order valence-corrected chi connectivity index (χ2v) is 4.45. The van der Waals surface area contributed by atoms with E-state index in [0.29, 0.717) is 17.6 Å². The number of hydrogen-bond acceptors (Lipinski definition) is 2. The average molecular weight is 198 g/mol. The maximum Gasteiger partial charge on any atom is 0.136 e. The van der Waals surface area contributed by atoms with Crippen LogP contribution < -0.4 is 0 Å². The van der Waals surface area contributed by atoms with Crippen LogP contribution in [0.15, 0.2) is 0 Å². The van der Waals surface area contributed by atoms with Crippen molar-refractivity contribution in [3.8, 4) is 0 Å². The lowest BCUT2D eigenvalue weighted by molar-refractivity contribution is -0.126. The van der Waals surface area contributed by atoms with Gasteiger partial charge in [0.25, 0.3) is 0 Å². The van der Waals surface area contributed by atoms with Gasteiger partial charge < -0.3 is 4.74 Å². The van der Waals surface area contributed by atoms with Gasteiger partial charge in [0.15, 0.2) is 0 Å². The van der Waals surface area contributed by atoms with Crippen LogP contribution in [0.5, 0.6) is 0 Å². The zero-order valence-corrected chi connectivity index (χ0v) is 9.42. The Morgan fingerprint density at radius 1 is 1.43 bits per heavy atom. The molecule has 82 valence electrons. The highest BCUT2D eigenvalue weighted by Crippen LogP contribution is 2.21. The van der Waals surface area contributed by atoms with E-state index in [0.717, 1.165) is 32.5 Å². The Morgan fingerprint density at radius 3 is 2.64 bits per heavy atom. The predicted molar refractivity (Wildman–Crippen MR) is 57.2 cm³/mol. The van der Waals surface area contributed by atoms with Crippen molar-refractivity contribution in [1.82, 2.24) is 0 Å². The molecule has 0 bridgehead atoms. The van der Waals surface area contributed by atoms with E-state index in [2.05, 4.69) is 13.8 Å². The van der Waals surface area contributed by atoms with Crippen molar-refractivity contribution in [1.29, 1.82) is 0 Å². The van der Waals surface area contributed by atoms with Crippen molar-refractivity contribution in [3.63, 3.8) is 0 Å². The summed E-state index contributed by atoms with van der Waals surface area (Å²) < 4.78 is 5.25. The lowest BCUT2D eigenvalue weighted by atomic mass is 9.88. The second-order valence-electron chi connectivity index (χ2n) is 4.45. The van der Waals surface area contributed by atoms with Crippen molar-refractivity contribution >= 4 is 5.78 Å². The Labute approximate surface area is 87.0 Å². The van der Waals surface area contributed by atoms with E-state index >= 15 is 0 Å². The molecule has 0 saturated carbocycles. The summed E-state index contributed by atoms with van der Waals surface area (Å²) in [6.07, 6.45) is 5.02. The van der Waals surface area contributed by atoms with Gasteiger partial charge in [-0.15, -0.1) is 0 Å². The summed E-state index contributed by atoms with van der Waals surface area (Å²) in [5, 5.41) is 0. The van der Waals surface area contributed by atoms with Crippen LogP contribution in [-0.4, -0.2) is 19.0 Å². The van der Waals surface area contributed by atoms with Crippen molar-refractivity contribution in [3.05, 3.63) is 0 Å². The molecule has 1 aliphatic rings. The van der Waals surface area contributed by atoms with Gasteiger partial charge in [0.2, 0.25) is 0 Å². The standard InChI is InChI=1S/C12H22O2/c1-3-4-10(2)9-12(13)11-5-7-14-8-6-11/h10-11H,3-9H2,1-2H3. The SMILES string of the molecule is CCCC(C)CC(=O)C1CCOCC1. The zero-order chi connectivity index (χ0) is 10.4. The van der Waals surface area contributed by atoms with Crippen LogP contribution in [0.2, 0.25) is 0 Å². The van der Waals surface area contributed by atoms with Crippen LogP contribution in [0, 0.1) is 11.8 Å². The van der Waals surface area contributed by atoms with Crippen molar-refractivity contribution < 1.29 is 9.53 Å². The van der Waals surface area contributed by atoms with Crippen molar-refractivity contribution in [2.45, 2.75) is 46.0 Å². The molecule has 0 spiro atoms. The Bertz CT molecular complexity index is 171. The number of carbonyl (C=O) groups excluding carboxylic acids is 1. The van der Waals surface area contributed by atoms with Gasteiger partial charge in [0.05, 0.1) is 0 Å². The summed E-state index contributed by atoms with van der Waals surface area (Å²) in [6.45, 7) is 5.91. The number of rotatable bonds is 5. The highest BCUT2D eigenvalue weighted by molar-refractivity contribution is 5.81. The molecule has 0 aromatic carbocycles. The molecule has 1 rings (SSSR count). The molecule has 1 heterocycles. The monoisotopic (exact) mass is 198 g/mol. The maximum atomic E-state index is 11.8. The van der Waals surface area contributed by atoms with E-state index in [4.69, 9.17) is 4.74 Å². The first-order valence-corrected chi connectivity index (χ1v) is 5.84. The molecule has 0 amide bonds. The van der Waals surface area contributed by atoms with Gasteiger partial charge in [-0.1, -0.05) is 26.7 Å². The molecule has 1 fully saturated rings. The van der Waals surface area contributed by atoms with E-state index < -0.39 is 0 Å². The molecule has 0 radical (unpaired) electrons. The van der Waals surface area contributed by atoms with Gasteiger partial charge in [0.1, 0.15) is 5.78 Å². The molecule has 2 heteroatoms. The minimum Gasteiger partial charge on any atom is -0.381 e. The third-order valence-electron chi connectivity index (χ3n) is 3.01. The largest absolute Gasteiger partial charge is 0.381 e. The quantitative estimate of drug-likeness (QED) is 0.679. The average Bonchev–Trinajstić information content (AvgIpc) is 2.19. The lowest BCUT2D eigenvalue weighted by Crippen LogP contribution is -2.24. The molecule has 0 aromatic heterocycles. The molecule has 1 aliphatic heterocycles. The molecule has 1 atom stereocenters. The van der Waals surface area contributed by atoms with Crippen LogP contribution in [0.25, 0.3) is 0 Å². The Balaban J connectivity index is 2.25. The normalized spacial score (nSPS) is 20.7. The van der Waals surface area contributed by atoms with Crippen LogP contribution >= 0.6 is 0 Å². The third-order valence-corrected chi connectivity index (χ3v) is 3.01. The molecule has 1 unspecified atom stereocenters. The minimum absolute atomic E-state index is 0.294. The maximum absolute atomic E-state index is 11.8. The summed E-state index contributed by atoms with van der Waals surface area (Å²) in [5.74, 6) is 1.33. The number of ether oxygens (including phenoxy) is 1. The Morgan fingerprint density at radius 2 is 2.07 bits per heavy atom. The molecular weight excluding hydrogens is 176 g/mol. The summed E-state index contributed by atoms with van der Waals surface area (Å²) in [6, 6.07) is 0. The Kier molecular flexibility index (Phi) is 5.16. The van der Waals surface area contributed by atoms with Gasteiger partial charge in [-0.05, 0) is 18.8 Å². The minimum atomic E-state index is 0.294. The van der Waals surface area contributed by atoms with Crippen LogP contribution in [-0.2, 0) is 9.53 Å². The fourth-order valence-corrected chi connectivity index (χ4v) is 2.12. The molecule has 0 N–H and O–H groups in total. The predicted octanol–water partition coefficient (Wildman–Crippen LogP) is 2.81. The zero-order valence-electron chi connectivity index (χ0n) is 9.42. The first kappa shape index (κ1) is 11.7. The summed E-state index contributed by atoms with van der Waals surface area (Å²) in [7, 11) is 0. The summed E-state index contributed by atoms with van der Waals surface area (Å²) in [4.78, 5) is 11.8. The van der Waals surface area contributed by atoms with Gasteiger partial charge >= 0.3 is 0 Å². The van der Waals surface area contributed by atoms with Crippen LogP contribution in [0.1, 0.15) is 46.0 Å². The molecule has 14 heavy (non-hydrogen) atoms. The number of carbonyl (C=O) groups is 1. The fourth-order valence-electron chi connectivity index (χ4n) is 2.12. The van der Waals surface area contributed by atoms with Gasteiger partial charge in [0, 0.05) is 25.6 Å². The molecule has 0 aliphatic carbocycles. The highest BCUT2D eigenvalue weighted by Gasteiger charge is 2.22. The number of Topliss-reactive ketones (excluding diaryl/α,β-unsaturated/α-hetero) is 1. The van der Waals surface area contributed by atoms with E-state index in [1.54, 1.807) is 0 Å². The summed E-state index contributed by atoms with van der Waals surface area (Å²) >= 11 is 0. The van der Waals surface area contributed by atoms with E-state index in [1.807, 2.05) is 0 Å². The van der Waals surface area contributed by atoms with E-state index in [-0.39, 0.29) is 0 Å². The van der Waals surface area contributed by atoms with Crippen molar-refractivity contribution in [2.24, 2.45) is 11.8 Å². The van der Waals surface area contributed by atoms with E-state index in [9.17, 15) is 4.79 Å². The molecular formula is C12H22O2. The van der Waals surface area contributed by atoms with Crippen molar-refractivity contribution in [2.75, 3.05) is 13.2 Å². The smallest absolute Gasteiger partial charge is 0.136 e. The van der Waals surface area contributed by atoms with Crippen LogP contribution in [0.3, 0.4) is 0 Å². The van der Waals surface area contributed by atoms with Gasteiger partial charge in [-0.2, -0.15) is 0 Å². The first-order valence-electron chi connectivity index (χ1n) is 5.84. The molecule has 2 nitrogen and oxygen atoms in total. The van der Waals surface area contributed by atoms with Gasteiger partial charge in [-0.25, -0.2) is 0 Å². The number of ketones is 1. The lowest BCUT2D eigenvalue weighted by Gasteiger charge is -2.22. The fraction of sp³-hybridized carbons (Fsp3) is 0.917. The first-order chi connectivity index (χ1) is 6.74. The molecule has 0 aromatic rings. The topological polar surface area (TPSA) is 26.3 Å². The highest BCUT2D eigenvalue weighted by atomic mass is 16.5. The number of hydrogen-bond donors (Lipinski definition) is 0. The van der Waals surface area contributed by atoms with E-state index in [1.165, 1.54) is 12.8 Å². The Hall–Kier alpha value is -0.370.